The summed E-state index contributed by atoms with van der Waals surface area (Å²) in [7, 11) is 0. The zero-order valence-electron chi connectivity index (χ0n) is 9.63. The number of aromatic nitrogens is 3. The SMILES string of the molecule is CC.CC.Cc1nc2ncccc2[nH]1.[HH]. The van der Waals surface area contributed by atoms with Crippen molar-refractivity contribution in [3.8, 4) is 0 Å². The van der Waals surface area contributed by atoms with Gasteiger partial charge in [-0.3, -0.25) is 0 Å². The van der Waals surface area contributed by atoms with E-state index in [1.54, 1.807) is 6.20 Å². The number of hydrogen-bond acceptors (Lipinski definition) is 2. The van der Waals surface area contributed by atoms with Crippen molar-refractivity contribution in [3.63, 3.8) is 0 Å². The molecule has 0 aliphatic carbocycles. The molecule has 0 amide bonds. The molecule has 2 aromatic heterocycles. The van der Waals surface area contributed by atoms with E-state index in [0.717, 1.165) is 17.0 Å². The van der Waals surface area contributed by atoms with Crippen LogP contribution in [0.2, 0.25) is 0 Å². The zero-order chi connectivity index (χ0) is 11.0. The van der Waals surface area contributed by atoms with Crippen molar-refractivity contribution in [1.82, 2.24) is 15.0 Å². The van der Waals surface area contributed by atoms with Crippen LogP contribution in [-0.4, -0.2) is 15.0 Å². The molecule has 0 spiro atoms. The normalized spacial score (nSPS) is 8.36. The van der Waals surface area contributed by atoms with Gasteiger partial charge in [-0.05, 0) is 19.1 Å². The lowest BCUT2D eigenvalue weighted by Crippen LogP contribution is -1.72. The number of imidazole rings is 1. The number of aryl methyl sites for hydroxylation is 1. The van der Waals surface area contributed by atoms with Gasteiger partial charge in [-0.1, -0.05) is 27.7 Å². The largest absolute Gasteiger partial charge is 0.341 e. The maximum Gasteiger partial charge on any atom is 0.177 e. The van der Waals surface area contributed by atoms with Gasteiger partial charge in [0.25, 0.3) is 0 Å². The molecule has 0 saturated heterocycles. The molecule has 0 aromatic carbocycles. The Balaban J connectivity index is 0. The molecule has 2 rings (SSSR count). The topological polar surface area (TPSA) is 41.6 Å². The van der Waals surface area contributed by atoms with E-state index in [4.69, 9.17) is 0 Å². The summed E-state index contributed by atoms with van der Waals surface area (Å²) in [6.45, 7) is 9.92. The van der Waals surface area contributed by atoms with Crippen LogP contribution in [0.1, 0.15) is 34.9 Å². The van der Waals surface area contributed by atoms with Crippen molar-refractivity contribution in [2.75, 3.05) is 0 Å². The predicted molar refractivity (Wildman–Crippen MR) is 63.4 cm³/mol. The van der Waals surface area contributed by atoms with E-state index in [-0.39, 0.29) is 1.43 Å². The molecule has 0 saturated carbocycles. The lowest BCUT2D eigenvalue weighted by molar-refractivity contribution is 1.16. The van der Waals surface area contributed by atoms with E-state index < -0.39 is 0 Å². The minimum atomic E-state index is 0. The number of fused-ring (bicyclic) bond motifs is 1. The summed E-state index contributed by atoms with van der Waals surface area (Å²) in [5.74, 6) is 0.911. The molecule has 80 valence electrons. The molecule has 3 nitrogen and oxygen atoms in total. The monoisotopic (exact) mass is 195 g/mol. The van der Waals surface area contributed by atoms with E-state index in [0.29, 0.717) is 0 Å². The van der Waals surface area contributed by atoms with Gasteiger partial charge in [0.15, 0.2) is 5.65 Å². The molecule has 0 aliphatic rings. The lowest BCUT2D eigenvalue weighted by atomic mass is 10.4. The molecule has 14 heavy (non-hydrogen) atoms. The molecule has 0 fully saturated rings. The van der Waals surface area contributed by atoms with Gasteiger partial charge in [0, 0.05) is 7.62 Å². The highest BCUT2D eigenvalue weighted by molar-refractivity contribution is 5.69. The summed E-state index contributed by atoms with van der Waals surface area (Å²) in [6.07, 6.45) is 1.74. The number of nitrogens with zero attached hydrogens (tertiary/aromatic N) is 2. The minimum absolute atomic E-state index is 0. The van der Waals surface area contributed by atoms with Gasteiger partial charge in [-0.25, -0.2) is 9.97 Å². The van der Waals surface area contributed by atoms with Crippen molar-refractivity contribution in [2.24, 2.45) is 0 Å². The average molecular weight is 195 g/mol. The van der Waals surface area contributed by atoms with Crippen molar-refractivity contribution in [3.05, 3.63) is 24.2 Å². The second-order valence-corrected chi connectivity index (χ2v) is 2.20. The highest BCUT2D eigenvalue weighted by atomic mass is 15.0. The first kappa shape index (κ1) is 12.6. The molecule has 0 aliphatic heterocycles. The Morgan fingerprint density at radius 1 is 1.21 bits per heavy atom. The molecule has 0 bridgehead atoms. The van der Waals surface area contributed by atoms with Gasteiger partial charge in [-0.2, -0.15) is 0 Å². The third kappa shape index (κ3) is 3.17. The van der Waals surface area contributed by atoms with Crippen molar-refractivity contribution in [2.45, 2.75) is 34.6 Å². The van der Waals surface area contributed by atoms with Crippen LogP contribution in [0.5, 0.6) is 0 Å². The van der Waals surface area contributed by atoms with Gasteiger partial charge in [-0.15, -0.1) is 0 Å². The van der Waals surface area contributed by atoms with Gasteiger partial charge in [0.2, 0.25) is 0 Å². The van der Waals surface area contributed by atoms with Gasteiger partial charge < -0.3 is 4.98 Å². The highest BCUT2D eigenvalue weighted by Crippen LogP contribution is 2.05. The van der Waals surface area contributed by atoms with Crippen LogP contribution >= 0.6 is 0 Å². The maximum atomic E-state index is 4.15. The van der Waals surface area contributed by atoms with Crippen LogP contribution in [-0.2, 0) is 0 Å². The van der Waals surface area contributed by atoms with Gasteiger partial charge in [0.1, 0.15) is 5.82 Å². The maximum absolute atomic E-state index is 4.15. The first-order chi connectivity index (χ1) is 6.86. The first-order valence-electron chi connectivity index (χ1n) is 5.13. The second kappa shape index (κ2) is 7.06. The predicted octanol–water partition coefficient (Wildman–Crippen LogP) is 3.56. The number of aromatic amines is 1. The zero-order valence-corrected chi connectivity index (χ0v) is 9.63. The molecule has 0 atom stereocenters. The minimum Gasteiger partial charge on any atom is -0.341 e. The second-order valence-electron chi connectivity index (χ2n) is 2.20. The van der Waals surface area contributed by atoms with Crippen molar-refractivity contribution in [1.29, 1.82) is 0 Å². The van der Waals surface area contributed by atoms with E-state index >= 15 is 0 Å². The van der Waals surface area contributed by atoms with Crippen LogP contribution in [0, 0.1) is 6.92 Å². The quantitative estimate of drug-likeness (QED) is 0.698. The highest BCUT2D eigenvalue weighted by Gasteiger charge is 1.95. The van der Waals surface area contributed by atoms with Crippen molar-refractivity contribution >= 4 is 11.2 Å². The lowest BCUT2D eigenvalue weighted by Gasteiger charge is -1.80. The van der Waals surface area contributed by atoms with Gasteiger partial charge >= 0.3 is 0 Å². The average Bonchev–Trinajstić information content (AvgIpc) is 2.64. The van der Waals surface area contributed by atoms with Gasteiger partial charge in [0.05, 0.1) is 5.52 Å². The van der Waals surface area contributed by atoms with Crippen molar-refractivity contribution < 1.29 is 1.43 Å². The van der Waals surface area contributed by atoms with Crippen LogP contribution in [0.15, 0.2) is 18.3 Å². The first-order valence-corrected chi connectivity index (χ1v) is 5.13. The molecule has 3 heteroatoms. The van der Waals surface area contributed by atoms with Crippen LogP contribution < -0.4 is 0 Å². The van der Waals surface area contributed by atoms with E-state index in [9.17, 15) is 0 Å². The number of rotatable bonds is 0. The molecule has 2 heterocycles. The standard InChI is InChI=1S/C7H7N3.2C2H6.H2/c1-5-9-6-3-2-4-8-7(6)10-5;2*1-2;/h2-4H,1H3,(H,8,9,10);2*1-2H3;1H. The van der Waals surface area contributed by atoms with E-state index in [1.807, 2.05) is 46.8 Å². The van der Waals surface area contributed by atoms with Crippen LogP contribution in [0.25, 0.3) is 11.2 Å². The summed E-state index contributed by atoms with van der Waals surface area (Å²) < 4.78 is 0. The van der Waals surface area contributed by atoms with E-state index in [1.165, 1.54) is 0 Å². The molecule has 0 unspecified atom stereocenters. The Morgan fingerprint density at radius 2 is 1.86 bits per heavy atom. The molecule has 0 radical (unpaired) electrons. The molecule has 1 N–H and O–H groups in total. The summed E-state index contributed by atoms with van der Waals surface area (Å²) >= 11 is 0. The van der Waals surface area contributed by atoms with E-state index in [2.05, 4.69) is 15.0 Å². The van der Waals surface area contributed by atoms with Crippen LogP contribution in [0.4, 0.5) is 0 Å². The third-order valence-corrected chi connectivity index (χ3v) is 1.38. The number of H-pyrrole nitrogens is 1. The third-order valence-electron chi connectivity index (χ3n) is 1.38. The number of hydrogen-bond donors (Lipinski definition) is 1. The molecular weight excluding hydrogens is 174 g/mol. The Hall–Kier alpha value is -1.38. The Bertz CT molecular complexity index is 324. The Morgan fingerprint density at radius 3 is 2.43 bits per heavy atom. The number of nitrogens with one attached hydrogen (secondary N) is 1. The fraction of sp³-hybridized carbons (Fsp3) is 0.455. The summed E-state index contributed by atoms with van der Waals surface area (Å²) in [4.78, 5) is 11.3. The summed E-state index contributed by atoms with van der Waals surface area (Å²) in [5, 5.41) is 0. The molecular formula is C11H21N3. The fourth-order valence-corrected chi connectivity index (χ4v) is 0.965. The summed E-state index contributed by atoms with van der Waals surface area (Å²) in [5.41, 5.74) is 1.79. The summed E-state index contributed by atoms with van der Waals surface area (Å²) in [6, 6.07) is 3.85. The fourth-order valence-electron chi connectivity index (χ4n) is 0.965. The Labute approximate surface area is 87.1 Å². The smallest absolute Gasteiger partial charge is 0.177 e. The number of pyridine rings is 1. The Kier molecular flexibility index (Phi) is 6.37. The van der Waals surface area contributed by atoms with Crippen LogP contribution in [0.3, 0.4) is 0 Å². The molecule has 2 aromatic rings.